The Kier molecular flexibility index (Phi) is 2.73. The van der Waals surface area contributed by atoms with E-state index in [1.54, 1.807) is 22.9 Å². The van der Waals surface area contributed by atoms with E-state index in [-0.39, 0.29) is 0 Å². The van der Waals surface area contributed by atoms with Gasteiger partial charge >= 0.3 is 0 Å². The van der Waals surface area contributed by atoms with E-state index < -0.39 is 0 Å². The fourth-order valence-electron chi connectivity index (χ4n) is 1.94. The third kappa shape index (κ3) is 1.96. The average molecular weight is 279 g/mol. The van der Waals surface area contributed by atoms with Crippen molar-refractivity contribution in [2.45, 2.75) is 18.8 Å². The zero-order valence-electron chi connectivity index (χ0n) is 9.27. The van der Waals surface area contributed by atoms with Crippen molar-refractivity contribution in [3.63, 3.8) is 0 Å². The predicted octanol–water partition coefficient (Wildman–Crippen LogP) is 3.32. The van der Waals surface area contributed by atoms with Gasteiger partial charge in [-0.1, -0.05) is 28.4 Å². The summed E-state index contributed by atoms with van der Waals surface area (Å²) < 4.78 is 1.66. The third-order valence-corrected chi connectivity index (χ3v) is 3.30. The van der Waals surface area contributed by atoms with Crippen molar-refractivity contribution in [1.29, 1.82) is 5.26 Å². The van der Waals surface area contributed by atoms with Crippen molar-refractivity contribution in [1.82, 2.24) is 15.0 Å². The molecule has 2 aromatic rings. The maximum Gasteiger partial charge on any atom is 0.186 e. The van der Waals surface area contributed by atoms with Crippen LogP contribution < -0.4 is 0 Å². The molecule has 1 aliphatic carbocycles. The van der Waals surface area contributed by atoms with Crippen LogP contribution in [-0.2, 0) is 0 Å². The summed E-state index contributed by atoms with van der Waals surface area (Å²) >= 11 is 12.0. The molecule has 1 fully saturated rings. The summed E-state index contributed by atoms with van der Waals surface area (Å²) in [5, 5.41) is 18.0. The number of hydrogen-bond donors (Lipinski definition) is 0. The fourth-order valence-corrected chi connectivity index (χ4v) is 2.46. The second-order valence-electron chi connectivity index (χ2n) is 4.25. The molecule has 0 bridgehead atoms. The molecule has 4 nitrogen and oxygen atoms in total. The van der Waals surface area contributed by atoms with E-state index in [4.69, 9.17) is 28.5 Å². The first-order valence-corrected chi connectivity index (χ1v) is 6.27. The molecule has 90 valence electrons. The van der Waals surface area contributed by atoms with Crippen LogP contribution in [0.3, 0.4) is 0 Å². The number of nitrogens with zero attached hydrogens (tertiary/aromatic N) is 4. The van der Waals surface area contributed by atoms with Crippen molar-refractivity contribution < 1.29 is 0 Å². The molecule has 1 heterocycles. The van der Waals surface area contributed by atoms with Crippen LogP contribution in [-0.4, -0.2) is 15.0 Å². The normalized spacial score (nSPS) is 14.5. The van der Waals surface area contributed by atoms with Crippen molar-refractivity contribution in [2.75, 3.05) is 0 Å². The molecule has 1 aliphatic rings. The number of benzene rings is 1. The number of nitriles is 1. The molecule has 3 rings (SSSR count). The van der Waals surface area contributed by atoms with Crippen molar-refractivity contribution in [3.8, 4) is 11.8 Å². The maximum absolute atomic E-state index is 9.05. The first-order chi connectivity index (χ1) is 8.69. The Labute approximate surface area is 114 Å². The lowest BCUT2D eigenvalue weighted by Gasteiger charge is -2.06. The molecule has 0 aliphatic heterocycles. The Morgan fingerprint density at radius 3 is 2.44 bits per heavy atom. The summed E-state index contributed by atoms with van der Waals surface area (Å²) in [6.45, 7) is 0. The van der Waals surface area contributed by atoms with Gasteiger partial charge in [-0.15, -0.1) is 5.10 Å². The number of halogens is 2. The molecule has 0 spiro atoms. The molecule has 0 atom stereocenters. The second-order valence-corrected chi connectivity index (χ2v) is 5.12. The Hall–Kier alpha value is -1.57. The third-order valence-electron chi connectivity index (χ3n) is 2.87. The first kappa shape index (κ1) is 11.5. The van der Waals surface area contributed by atoms with E-state index in [1.165, 1.54) is 0 Å². The van der Waals surface area contributed by atoms with Crippen LogP contribution >= 0.6 is 23.2 Å². The summed E-state index contributed by atoms with van der Waals surface area (Å²) in [6.07, 6.45) is 2.13. The molecule has 0 unspecified atom stereocenters. The van der Waals surface area contributed by atoms with Crippen LogP contribution in [0.4, 0.5) is 0 Å². The standard InChI is InChI=1S/C12H8Cl2N4/c13-8-3-9(14)5-10(4-8)18-12(7-1-2-7)11(6-15)16-17-18/h3-5,7H,1-2H2. The molecule has 1 aromatic heterocycles. The fraction of sp³-hybridized carbons (Fsp3) is 0.250. The quantitative estimate of drug-likeness (QED) is 0.847. The van der Waals surface area contributed by atoms with Crippen LogP contribution in [0, 0.1) is 11.3 Å². The van der Waals surface area contributed by atoms with Gasteiger partial charge in [-0.25, -0.2) is 4.68 Å². The highest BCUT2D eigenvalue weighted by atomic mass is 35.5. The molecule has 6 heteroatoms. The zero-order valence-corrected chi connectivity index (χ0v) is 10.8. The minimum atomic E-state index is 0.368. The van der Waals surface area contributed by atoms with Crippen LogP contribution in [0.2, 0.25) is 10.0 Å². The summed E-state index contributed by atoms with van der Waals surface area (Å²) in [6, 6.07) is 7.25. The maximum atomic E-state index is 9.05. The minimum Gasteiger partial charge on any atom is -0.216 e. The highest BCUT2D eigenvalue weighted by molar-refractivity contribution is 6.34. The van der Waals surface area contributed by atoms with E-state index >= 15 is 0 Å². The SMILES string of the molecule is N#Cc1nnn(-c2cc(Cl)cc(Cl)c2)c1C1CC1. The van der Waals surface area contributed by atoms with E-state index in [0.29, 0.717) is 21.7 Å². The Balaban J connectivity index is 2.17. The van der Waals surface area contributed by atoms with E-state index in [2.05, 4.69) is 16.4 Å². The summed E-state index contributed by atoms with van der Waals surface area (Å²) in [7, 11) is 0. The zero-order chi connectivity index (χ0) is 12.7. The van der Waals surface area contributed by atoms with Gasteiger partial charge in [0, 0.05) is 16.0 Å². The lowest BCUT2D eigenvalue weighted by Crippen LogP contribution is -2.02. The van der Waals surface area contributed by atoms with Gasteiger partial charge in [-0.2, -0.15) is 5.26 Å². The number of rotatable bonds is 2. The Bertz CT molecular complexity index is 632. The van der Waals surface area contributed by atoms with Gasteiger partial charge < -0.3 is 0 Å². The highest BCUT2D eigenvalue weighted by Gasteiger charge is 2.32. The van der Waals surface area contributed by atoms with Gasteiger partial charge in [0.1, 0.15) is 6.07 Å². The summed E-state index contributed by atoms with van der Waals surface area (Å²) in [5.74, 6) is 0.368. The van der Waals surface area contributed by atoms with Crippen molar-refractivity contribution in [3.05, 3.63) is 39.6 Å². The van der Waals surface area contributed by atoms with Crippen molar-refractivity contribution >= 4 is 23.2 Å². The molecule has 18 heavy (non-hydrogen) atoms. The first-order valence-electron chi connectivity index (χ1n) is 5.51. The van der Waals surface area contributed by atoms with E-state index in [9.17, 15) is 0 Å². The number of hydrogen-bond acceptors (Lipinski definition) is 3. The van der Waals surface area contributed by atoms with E-state index in [0.717, 1.165) is 24.2 Å². The van der Waals surface area contributed by atoms with Gasteiger partial charge in [0.2, 0.25) is 0 Å². The summed E-state index contributed by atoms with van der Waals surface area (Å²) in [5.41, 5.74) is 1.98. The van der Waals surface area contributed by atoms with Crippen molar-refractivity contribution in [2.24, 2.45) is 0 Å². The molecule has 0 radical (unpaired) electrons. The lowest BCUT2D eigenvalue weighted by atomic mass is 10.2. The van der Waals surface area contributed by atoms with Gasteiger partial charge in [0.15, 0.2) is 5.69 Å². The average Bonchev–Trinajstić information content (AvgIpc) is 3.07. The van der Waals surface area contributed by atoms with Gasteiger partial charge in [0.25, 0.3) is 0 Å². The highest BCUT2D eigenvalue weighted by Crippen LogP contribution is 2.42. The number of aromatic nitrogens is 3. The summed E-state index contributed by atoms with van der Waals surface area (Å²) in [4.78, 5) is 0. The molecule has 1 saturated carbocycles. The van der Waals surface area contributed by atoms with E-state index in [1.807, 2.05) is 0 Å². The van der Waals surface area contributed by atoms with Crippen LogP contribution in [0.15, 0.2) is 18.2 Å². The second kappa shape index (κ2) is 4.27. The molecular weight excluding hydrogens is 271 g/mol. The van der Waals surface area contributed by atoms with Crippen LogP contribution in [0.25, 0.3) is 5.69 Å². The Morgan fingerprint density at radius 2 is 1.89 bits per heavy atom. The van der Waals surface area contributed by atoms with Gasteiger partial charge in [-0.05, 0) is 31.0 Å². The largest absolute Gasteiger partial charge is 0.216 e. The van der Waals surface area contributed by atoms with Gasteiger partial charge in [0.05, 0.1) is 11.4 Å². The molecule has 0 N–H and O–H groups in total. The molecule has 0 amide bonds. The molecular formula is C12H8Cl2N4. The topological polar surface area (TPSA) is 54.5 Å². The predicted molar refractivity (Wildman–Crippen MR) is 68.1 cm³/mol. The molecule has 1 aromatic carbocycles. The smallest absolute Gasteiger partial charge is 0.186 e. The van der Waals surface area contributed by atoms with Crippen LogP contribution in [0.5, 0.6) is 0 Å². The Morgan fingerprint density at radius 1 is 1.22 bits per heavy atom. The molecule has 0 saturated heterocycles. The lowest BCUT2D eigenvalue weighted by molar-refractivity contribution is 0.764. The monoisotopic (exact) mass is 278 g/mol. The minimum absolute atomic E-state index is 0.368. The van der Waals surface area contributed by atoms with Crippen LogP contribution in [0.1, 0.15) is 30.1 Å². The van der Waals surface area contributed by atoms with Gasteiger partial charge in [-0.3, -0.25) is 0 Å².